The van der Waals surface area contributed by atoms with Crippen LogP contribution in [-0.2, 0) is 0 Å². The SMILES string of the molecule is COc1ccc2c(O)cc3c(c2c1)[C@H](CCl)CN3C(=O)c1cc2sccc2[se]1. The molecule has 0 spiro atoms. The molecule has 7 heteroatoms. The summed E-state index contributed by atoms with van der Waals surface area (Å²) in [5, 5.41) is 14.3. The average Bonchev–Trinajstić information content (AvgIpc) is 3.40. The number of anilines is 1. The Labute approximate surface area is 176 Å². The van der Waals surface area contributed by atoms with Crippen LogP contribution in [0.5, 0.6) is 11.5 Å². The molecule has 2 aromatic carbocycles. The van der Waals surface area contributed by atoms with Crippen LogP contribution in [0.15, 0.2) is 41.8 Å². The molecule has 0 aliphatic carbocycles. The second-order valence-corrected chi connectivity index (χ2v) is 10.3. The maximum absolute atomic E-state index is 13.3. The fraction of sp³-hybridized carbons (Fsp3) is 0.190. The minimum absolute atomic E-state index is 0.0129. The van der Waals surface area contributed by atoms with E-state index in [1.54, 1.807) is 29.4 Å². The number of methoxy groups -OCH3 is 1. The maximum atomic E-state index is 13.3. The topological polar surface area (TPSA) is 49.8 Å². The summed E-state index contributed by atoms with van der Waals surface area (Å²) in [6, 6.07) is 11.4. The number of nitrogens with zero attached hydrogens (tertiary/aromatic N) is 1. The molecule has 0 bridgehead atoms. The number of phenolic OH excluding ortho intramolecular Hbond substituents is 1. The molecule has 1 amide bonds. The number of aromatic hydroxyl groups is 1. The quantitative estimate of drug-likeness (QED) is 0.341. The Kier molecular flexibility index (Phi) is 4.40. The van der Waals surface area contributed by atoms with Crippen molar-refractivity contribution in [3.8, 4) is 11.5 Å². The van der Waals surface area contributed by atoms with Gasteiger partial charge in [0, 0.05) is 0 Å². The number of ether oxygens (including phenoxy) is 1. The molecule has 1 aliphatic rings. The van der Waals surface area contributed by atoms with Crippen LogP contribution in [0.25, 0.3) is 19.7 Å². The monoisotopic (exact) mass is 477 g/mol. The molecule has 2 aromatic heterocycles. The summed E-state index contributed by atoms with van der Waals surface area (Å²) in [6.07, 6.45) is 0. The van der Waals surface area contributed by atoms with Crippen molar-refractivity contribution in [2.24, 2.45) is 0 Å². The van der Waals surface area contributed by atoms with E-state index in [1.807, 2.05) is 24.3 Å². The first-order valence-corrected chi connectivity index (χ1v) is 11.9. The van der Waals surface area contributed by atoms with Gasteiger partial charge in [-0.1, -0.05) is 0 Å². The number of halogens is 1. The van der Waals surface area contributed by atoms with Crippen LogP contribution in [0.4, 0.5) is 5.69 Å². The van der Waals surface area contributed by atoms with Crippen molar-refractivity contribution in [2.75, 3.05) is 24.4 Å². The van der Waals surface area contributed by atoms with Crippen molar-refractivity contribution in [2.45, 2.75) is 5.92 Å². The zero-order valence-corrected chi connectivity index (χ0v) is 18.2. The van der Waals surface area contributed by atoms with Gasteiger partial charge in [-0.05, 0) is 0 Å². The van der Waals surface area contributed by atoms with Gasteiger partial charge in [0.05, 0.1) is 0 Å². The molecule has 3 heterocycles. The van der Waals surface area contributed by atoms with E-state index in [0.717, 1.165) is 26.5 Å². The number of hydrogen-bond acceptors (Lipinski definition) is 4. The molecule has 0 unspecified atom stereocenters. The van der Waals surface area contributed by atoms with E-state index >= 15 is 0 Å². The Bertz CT molecular complexity index is 1200. The van der Waals surface area contributed by atoms with Gasteiger partial charge < -0.3 is 0 Å². The van der Waals surface area contributed by atoms with Gasteiger partial charge >= 0.3 is 177 Å². The molecular formula is C21H16ClNO3SSe. The van der Waals surface area contributed by atoms with Gasteiger partial charge in [-0.15, -0.1) is 0 Å². The van der Waals surface area contributed by atoms with Gasteiger partial charge in [-0.3, -0.25) is 0 Å². The van der Waals surface area contributed by atoms with Crippen LogP contribution < -0.4 is 9.64 Å². The molecule has 5 rings (SSSR count). The minimum atomic E-state index is 0.0129. The van der Waals surface area contributed by atoms with Gasteiger partial charge in [-0.25, -0.2) is 0 Å². The number of hydrogen-bond donors (Lipinski definition) is 1. The molecule has 0 radical (unpaired) electrons. The number of fused-ring (bicyclic) bond motifs is 4. The summed E-state index contributed by atoms with van der Waals surface area (Å²) >= 11 is 7.98. The molecule has 28 heavy (non-hydrogen) atoms. The Morgan fingerprint density at radius 1 is 1.32 bits per heavy atom. The summed E-state index contributed by atoms with van der Waals surface area (Å²) in [5.41, 5.74) is 1.76. The first-order chi connectivity index (χ1) is 13.6. The molecule has 0 fully saturated rings. The fourth-order valence-electron chi connectivity index (χ4n) is 3.90. The summed E-state index contributed by atoms with van der Waals surface area (Å²) < 4.78 is 8.67. The molecule has 0 saturated heterocycles. The van der Waals surface area contributed by atoms with Crippen LogP contribution in [-0.4, -0.2) is 45.1 Å². The second kappa shape index (κ2) is 6.82. The number of carbonyl (C=O) groups excluding carboxylic acids is 1. The summed E-state index contributed by atoms with van der Waals surface area (Å²) in [5.74, 6) is 1.31. The number of thiophene rings is 1. The van der Waals surface area contributed by atoms with Crippen LogP contribution in [0.2, 0.25) is 0 Å². The van der Waals surface area contributed by atoms with E-state index in [-0.39, 0.29) is 32.1 Å². The number of phenols is 1. The number of amides is 1. The third-order valence-electron chi connectivity index (χ3n) is 5.23. The number of benzene rings is 2. The van der Waals surface area contributed by atoms with E-state index in [2.05, 4.69) is 11.4 Å². The van der Waals surface area contributed by atoms with Crippen molar-refractivity contribution in [1.29, 1.82) is 0 Å². The normalized spacial score (nSPS) is 16.1. The molecular weight excluding hydrogens is 461 g/mol. The number of carbonyl (C=O) groups is 1. The zero-order chi connectivity index (χ0) is 19.4. The van der Waals surface area contributed by atoms with E-state index in [9.17, 15) is 9.90 Å². The Balaban J connectivity index is 1.67. The number of rotatable bonds is 3. The van der Waals surface area contributed by atoms with E-state index < -0.39 is 0 Å². The van der Waals surface area contributed by atoms with Crippen molar-refractivity contribution < 1.29 is 14.6 Å². The van der Waals surface area contributed by atoms with E-state index in [0.29, 0.717) is 18.2 Å². The first kappa shape index (κ1) is 18.1. The Morgan fingerprint density at radius 2 is 2.18 bits per heavy atom. The summed E-state index contributed by atoms with van der Waals surface area (Å²) in [6.45, 7) is 0.522. The van der Waals surface area contributed by atoms with Crippen LogP contribution >= 0.6 is 22.9 Å². The molecule has 1 N–H and O–H groups in total. The average molecular weight is 477 g/mol. The summed E-state index contributed by atoms with van der Waals surface area (Å²) in [7, 11) is 1.62. The second-order valence-electron chi connectivity index (χ2n) is 6.77. The number of alkyl halides is 1. The Hall–Kier alpha value is -1.98. The van der Waals surface area contributed by atoms with Crippen molar-refractivity contribution in [3.05, 3.63) is 51.8 Å². The van der Waals surface area contributed by atoms with Gasteiger partial charge in [0.1, 0.15) is 0 Å². The van der Waals surface area contributed by atoms with E-state index in [1.165, 1.54) is 8.96 Å². The third-order valence-corrected chi connectivity index (χ3v) is 9.04. The van der Waals surface area contributed by atoms with Gasteiger partial charge in [0.15, 0.2) is 0 Å². The molecule has 0 saturated carbocycles. The predicted octanol–water partition coefficient (Wildman–Crippen LogP) is 4.81. The molecule has 4 nitrogen and oxygen atoms in total. The van der Waals surface area contributed by atoms with Crippen molar-refractivity contribution in [1.82, 2.24) is 0 Å². The molecule has 1 aliphatic heterocycles. The van der Waals surface area contributed by atoms with Gasteiger partial charge in [-0.2, -0.15) is 0 Å². The fourth-order valence-corrected chi connectivity index (χ4v) is 7.66. The van der Waals surface area contributed by atoms with Crippen LogP contribution in [0.1, 0.15) is 20.7 Å². The summed E-state index contributed by atoms with van der Waals surface area (Å²) in [4.78, 5) is 15.1. The van der Waals surface area contributed by atoms with Crippen molar-refractivity contribution >= 4 is 68.8 Å². The van der Waals surface area contributed by atoms with Crippen LogP contribution in [0.3, 0.4) is 0 Å². The van der Waals surface area contributed by atoms with E-state index in [4.69, 9.17) is 16.3 Å². The standard InChI is InChI=1S/C21H16ClNO3SSe/c1-26-12-2-3-13-14(6-12)20-11(9-22)10-23(15(20)7-16(13)24)21(25)19-8-17-18(28-19)4-5-27-17/h2-8,11,24H,9-10H2,1H3/t11-/m1/s1. The molecule has 142 valence electrons. The zero-order valence-electron chi connectivity index (χ0n) is 14.9. The Morgan fingerprint density at radius 3 is 2.93 bits per heavy atom. The van der Waals surface area contributed by atoms with Crippen molar-refractivity contribution in [3.63, 3.8) is 0 Å². The van der Waals surface area contributed by atoms with Gasteiger partial charge in [0.25, 0.3) is 0 Å². The van der Waals surface area contributed by atoms with Crippen LogP contribution in [0, 0.1) is 0 Å². The predicted molar refractivity (Wildman–Crippen MR) is 116 cm³/mol. The molecule has 4 aromatic rings. The third kappa shape index (κ3) is 2.67. The van der Waals surface area contributed by atoms with Gasteiger partial charge in [0.2, 0.25) is 0 Å². The first-order valence-electron chi connectivity index (χ1n) is 8.79. The molecule has 1 atom stereocenters.